The van der Waals surface area contributed by atoms with E-state index in [0.29, 0.717) is 17.5 Å². The number of methoxy groups -OCH3 is 3. The highest BCUT2D eigenvalue weighted by Crippen LogP contribution is 2.29. The highest BCUT2D eigenvalue weighted by Gasteiger charge is 2.21. The average molecular weight is 290 g/mol. The first-order chi connectivity index (χ1) is 10.2. The van der Waals surface area contributed by atoms with E-state index in [1.165, 1.54) is 20.4 Å². The average Bonchev–Trinajstić information content (AvgIpc) is 2.56. The lowest BCUT2D eigenvalue weighted by Gasteiger charge is -2.18. The lowest BCUT2D eigenvalue weighted by molar-refractivity contribution is 0.352. The molecular formula is C14H18N4O3. The molecule has 21 heavy (non-hydrogen) atoms. The molecule has 0 amide bonds. The third-order valence-corrected chi connectivity index (χ3v) is 3.01. The molecule has 0 spiro atoms. The number of hydrazine groups is 1. The molecule has 1 aromatic heterocycles. The van der Waals surface area contributed by atoms with E-state index < -0.39 is 0 Å². The maximum atomic E-state index is 5.68. The third-order valence-electron chi connectivity index (χ3n) is 3.01. The van der Waals surface area contributed by atoms with Crippen LogP contribution in [-0.2, 0) is 0 Å². The van der Waals surface area contributed by atoms with Crippen LogP contribution in [0.2, 0.25) is 0 Å². The molecule has 0 saturated carbocycles. The Morgan fingerprint density at radius 1 is 1.14 bits per heavy atom. The first-order valence-electron chi connectivity index (χ1n) is 6.28. The van der Waals surface area contributed by atoms with Crippen molar-refractivity contribution in [2.45, 2.75) is 6.04 Å². The van der Waals surface area contributed by atoms with Gasteiger partial charge in [-0.25, -0.2) is 10.4 Å². The Kier molecular flexibility index (Phi) is 4.91. The van der Waals surface area contributed by atoms with Crippen LogP contribution in [0.3, 0.4) is 0 Å². The van der Waals surface area contributed by atoms with Gasteiger partial charge in [-0.05, 0) is 17.7 Å². The molecule has 1 atom stereocenters. The number of hydrogen-bond donors (Lipinski definition) is 2. The van der Waals surface area contributed by atoms with Crippen molar-refractivity contribution in [1.29, 1.82) is 0 Å². The van der Waals surface area contributed by atoms with E-state index >= 15 is 0 Å². The molecule has 0 fully saturated rings. The SMILES string of the molecule is COc1cccc(C(NN)c2ncc(OC)nc2OC)c1. The maximum Gasteiger partial charge on any atom is 0.240 e. The molecule has 112 valence electrons. The quantitative estimate of drug-likeness (QED) is 0.607. The lowest BCUT2D eigenvalue weighted by Crippen LogP contribution is -2.30. The Bertz CT molecular complexity index is 607. The van der Waals surface area contributed by atoms with Crippen molar-refractivity contribution < 1.29 is 14.2 Å². The Morgan fingerprint density at radius 2 is 1.95 bits per heavy atom. The minimum Gasteiger partial charge on any atom is -0.497 e. The van der Waals surface area contributed by atoms with Crippen molar-refractivity contribution in [1.82, 2.24) is 15.4 Å². The van der Waals surface area contributed by atoms with E-state index in [4.69, 9.17) is 20.1 Å². The van der Waals surface area contributed by atoms with E-state index in [0.717, 1.165) is 11.3 Å². The molecule has 2 rings (SSSR count). The number of nitrogens with zero attached hydrogens (tertiary/aromatic N) is 2. The predicted molar refractivity (Wildman–Crippen MR) is 77.3 cm³/mol. The number of nitrogens with two attached hydrogens (primary N) is 1. The van der Waals surface area contributed by atoms with Crippen molar-refractivity contribution >= 4 is 0 Å². The van der Waals surface area contributed by atoms with Gasteiger partial charge in [-0.3, -0.25) is 5.84 Å². The molecule has 1 heterocycles. The summed E-state index contributed by atoms with van der Waals surface area (Å²) in [6, 6.07) is 7.14. The molecule has 2 aromatic rings. The first-order valence-corrected chi connectivity index (χ1v) is 6.28. The van der Waals surface area contributed by atoms with Gasteiger partial charge in [-0.2, -0.15) is 4.98 Å². The summed E-state index contributed by atoms with van der Waals surface area (Å²) in [6.07, 6.45) is 1.52. The van der Waals surface area contributed by atoms with Gasteiger partial charge in [-0.15, -0.1) is 0 Å². The summed E-state index contributed by atoms with van der Waals surface area (Å²) in [5.41, 5.74) is 4.17. The molecule has 1 unspecified atom stereocenters. The smallest absolute Gasteiger partial charge is 0.240 e. The Hall–Kier alpha value is -2.38. The fraction of sp³-hybridized carbons (Fsp3) is 0.286. The van der Waals surface area contributed by atoms with Crippen LogP contribution in [0.5, 0.6) is 17.5 Å². The van der Waals surface area contributed by atoms with Crippen LogP contribution in [0.4, 0.5) is 0 Å². The highest BCUT2D eigenvalue weighted by atomic mass is 16.5. The van der Waals surface area contributed by atoms with Gasteiger partial charge in [0.15, 0.2) is 0 Å². The summed E-state index contributed by atoms with van der Waals surface area (Å²) >= 11 is 0. The van der Waals surface area contributed by atoms with Crippen LogP contribution in [0, 0.1) is 0 Å². The number of aromatic nitrogens is 2. The van der Waals surface area contributed by atoms with E-state index in [2.05, 4.69) is 15.4 Å². The fourth-order valence-electron chi connectivity index (χ4n) is 1.97. The van der Waals surface area contributed by atoms with Crippen LogP contribution >= 0.6 is 0 Å². The standard InChI is InChI=1S/C14H18N4O3/c1-19-10-6-4-5-9(7-10)12(18-15)13-14(21-3)17-11(20-2)8-16-13/h4-8,12,18H,15H2,1-3H3. The molecule has 0 radical (unpaired) electrons. The number of rotatable bonds is 6. The fourth-order valence-corrected chi connectivity index (χ4v) is 1.97. The van der Waals surface area contributed by atoms with E-state index in [1.54, 1.807) is 7.11 Å². The minimum atomic E-state index is -0.381. The number of ether oxygens (including phenoxy) is 3. The zero-order chi connectivity index (χ0) is 15.2. The molecular weight excluding hydrogens is 272 g/mol. The van der Waals surface area contributed by atoms with Crippen LogP contribution < -0.4 is 25.5 Å². The Morgan fingerprint density at radius 3 is 2.57 bits per heavy atom. The summed E-state index contributed by atoms with van der Waals surface area (Å²) in [4.78, 5) is 8.54. The van der Waals surface area contributed by atoms with Crippen LogP contribution in [0.15, 0.2) is 30.5 Å². The summed E-state index contributed by atoms with van der Waals surface area (Å²) in [7, 11) is 4.65. The molecule has 7 nitrogen and oxygen atoms in total. The zero-order valence-corrected chi connectivity index (χ0v) is 12.2. The number of nitrogens with one attached hydrogen (secondary N) is 1. The summed E-state index contributed by atoms with van der Waals surface area (Å²) in [5, 5.41) is 0. The molecule has 7 heteroatoms. The van der Waals surface area contributed by atoms with Gasteiger partial charge >= 0.3 is 0 Å². The molecule has 0 bridgehead atoms. The minimum absolute atomic E-state index is 0.347. The van der Waals surface area contributed by atoms with E-state index in [9.17, 15) is 0 Å². The topological polar surface area (TPSA) is 91.5 Å². The van der Waals surface area contributed by atoms with Gasteiger partial charge in [0.2, 0.25) is 11.8 Å². The number of hydrogen-bond acceptors (Lipinski definition) is 7. The first kappa shape index (κ1) is 15.0. The van der Waals surface area contributed by atoms with Crippen molar-refractivity contribution in [3.8, 4) is 17.5 Å². The van der Waals surface area contributed by atoms with Gasteiger partial charge in [0.1, 0.15) is 11.4 Å². The summed E-state index contributed by atoms with van der Waals surface area (Å²) in [6.45, 7) is 0. The van der Waals surface area contributed by atoms with Crippen LogP contribution in [0.1, 0.15) is 17.3 Å². The Labute approximate surface area is 123 Å². The molecule has 0 aliphatic rings. The molecule has 0 aliphatic carbocycles. The van der Waals surface area contributed by atoms with Crippen molar-refractivity contribution in [3.05, 3.63) is 41.7 Å². The number of benzene rings is 1. The van der Waals surface area contributed by atoms with Crippen molar-refractivity contribution in [2.75, 3.05) is 21.3 Å². The summed E-state index contributed by atoms with van der Waals surface area (Å²) in [5.74, 6) is 7.13. The van der Waals surface area contributed by atoms with Crippen molar-refractivity contribution in [3.63, 3.8) is 0 Å². The third kappa shape index (κ3) is 3.21. The van der Waals surface area contributed by atoms with Gasteiger partial charge in [0, 0.05) is 0 Å². The predicted octanol–water partition coefficient (Wildman–Crippen LogP) is 1.06. The Balaban J connectivity index is 2.45. The van der Waals surface area contributed by atoms with E-state index in [-0.39, 0.29) is 6.04 Å². The molecule has 1 aromatic carbocycles. The van der Waals surface area contributed by atoms with Gasteiger partial charge in [0.05, 0.1) is 33.6 Å². The van der Waals surface area contributed by atoms with Crippen LogP contribution in [-0.4, -0.2) is 31.3 Å². The van der Waals surface area contributed by atoms with Crippen molar-refractivity contribution in [2.24, 2.45) is 5.84 Å². The maximum absolute atomic E-state index is 5.68. The largest absolute Gasteiger partial charge is 0.497 e. The molecule has 3 N–H and O–H groups in total. The lowest BCUT2D eigenvalue weighted by atomic mass is 10.0. The van der Waals surface area contributed by atoms with Gasteiger partial charge < -0.3 is 14.2 Å². The molecule has 0 aliphatic heterocycles. The highest BCUT2D eigenvalue weighted by molar-refractivity contribution is 5.38. The van der Waals surface area contributed by atoms with Gasteiger partial charge in [0.25, 0.3) is 0 Å². The molecule has 0 saturated heterocycles. The zero-order valence-electron chi connectivity index (χ0n) is 12.2. The monoisotopic (exact) mass is 290 g/mol. The van der Waals surface area contributed by atoms with E-state index in [1.807, 2.05) is 24.3 Å². The normalized spacial score (nSPS) is 11.8. The van der Waals surface area contributed by atoms with Gasteiger partial charge in [-0.1, -0.05) is 12.1 Å². The van der Waals surface area contributed by atoms with Crippen LogP contribution in [0.25, 0.3) is 0 Å². The second kappa shape index (κ2) is 6.87. The second-order valence-electron chi connectivity index (χ2n) is 4.18. The summed E-state index contributed by atoms with van der Waals surface area (Å²) < 4.78 is 15.5. The second-order valence-corrected chi connectivity index (χ2v) is 4.18.